The van der Waals surface area contributed by atoms with Gasteiger partial charge in [0.05, 0.1) is 18.5 Å². The number of nitrogens with zero attached hydrogens (tertiary/aromatic N) is 1. The molecule has 0 atom stereocenters. The second-order valence-electron chi connectivity index (χ2n) is 3.90. The molecule has 1 rings (SSSR count). The van der Waals surface area contributed by atoms with Crippen molar-refractivity contribution in [2.24, 2.45) is 0 Å². The highest BCUT2D eigenvalue weighted by Gasteiger charge is 2.07. The summed E-state index contributed by atoms with van der Waals surface area (Å²) < 4.78 is 18.2. The van der Waals surface area contributed by atoms with Crippen LogP contribution in [0.2, 0.25) is 0 Å². The molecule has 0 bridgehead atoms. The number of hydrogen-bond acceptors (Lipinski definition) is 4. The number of nitrogens with two attached hydrogens (primary N) is 1. The van der Waals surface area contributed by atoms with Gasteiger partial charge in [0.25, 0.3) is 0 Å². The van der Waals surface area contributed by atoms with E-state index >= 15 is 0 Å². The molecular formula is C12H20FN3O. The second kappa shape index (κ2) is 6.30. The zero-order chi connectivity index (χ0) is 12.8. The molecule has 4 nitrogen and oxygen atoms in total. The van der Waals surface area contributed by atoms with Gasteiger partial charge in [0.2, 0.25) is 0 Å². The Labute approximate surface area is 102 Å². The molecule has 0 amide bonds. The third-order valence-corrected chi connectivity index (χ3v) is 2.67. The van der Waals surface area contributed by atoms with Crippen molar-refractivity contribution in [2.75, 3.05) is 44.8 Å². The summed E-state index contributed by atoms with van der Waals surface area (Å²) in [4.78, 5) is 2.17. The Morgan fingerprint density at radius 3 is 2.76 bits per heavy atom. The fourth-order valence-corrected chi connectivity index (χ4v) is 1.42. The van der Waals surface area contributed by atoms with Crippen LogP contribution in [0.25, 0.3) is 0 Å². The molecule has 0 saturated carbocycles. The van der Waals surface area contributed by atoms with E-state index in [4.69, 9.17) is 10.5 Å². The van der Waals surface area contributed by atoms with Gasteiger partial charge in [0.1, 0.15) is 0 Å². The quantitative estimate of drug-likeness (QED) is 0.745. The maximum atomic E-state index is 13.3. The molecule has 17 heavy (non-hydrogen) atoms. The standard InChI is InChI=1S/C12H20FN3O/c1-4-16(2)6-5-15-11-8-12(17-3)9(13)7-10(11)14/h7-8,15H,4-6,14H2,1-3H3. The average molecular weight is 241 g/mol. The lowest BCUT2D eigenvalue weighted by molar-refractivity contribution is 0.367. The topological polar surface area (TPSA) is 50.5 Å². The minimum Gasteiger partial charge on any atom is -0.494 e. The van der Waals surface area contributed by atoms with Crippen LogP contribution >= 0.6 is 0 Å². The van der Waals surface area contributed by atoms with Crippen molar-refractivity contribution < 1.29 is 9.13 Å². The van der Waals surface area contributed by atoms with Crippen LogP contribution in [0.4, 0.5) is 15.8 Å². The van der Waals surface area contributed by atoms with Gasteiger partial charge in [-0.15, -0.1) is 0 Å². The van der Waals surface area contributed by atoms with E-state index in [1.165, 1.54) is 13.2 Å². The molecule has 1 aromatic carbocycles. The monoisotopic (exact) mass is 241 g/mol. The summed E-state index contributed by atoms with van der Waals surface area (Å²) in [6, 6.07) is 2.85. The first-order valence-electron chi connectivity index (χ1n) is 5.64. The van der Waals surface area contributed by atoms with Crippen molar-refractivity contribution in [1.29, 1.82) is 0 Å². The highest BCUT2D eigenvalue weighted by atomic mass is 19.1. The van der Waals surface area contributed by atoms with Crippen molar-refractivity contribution in [3.63, 3.8) is 0 Å². The maximum Gasteiger partial charge on any atom is 0.167 e. The number of anilines is 2. The smallest absolute Gasteiger partial charge is 0.167 e. The molecule has 1 aromatic rings. The number of nitrogens with one attached hydrogen (secondary N) is 1. The van der Waals surface area contributed by atoms with E-state index < -0.39 is 5.82 Å². The third-order valence-electron chi connectivity index (χ3n) is 2.67. The van der Waals surface area contributed by atoms with E-state index in [1.54, 1.807) is 6.07 Å². The van der Waals surface area contributed by atoms with Gasteiger partial charge in [-0.05, 0) is 13.6 Å². The van der Waals surface area contributed by atoms with Crippen LogP contribution in [-0.4, -0.2) is 38.7 Å². The Bertz CT molecular complexity index is 371. The fourth-order valence-electron chi connectivity index (χ4n) is 1.42. The molecule has 0 heterocycles. The van der Waals surface area contributed by atoms with Gasteiger partial charge >= 0.3 is 0 Å². The van der Waals surface area contributed by atoms with Gasteiger partial charge in [-0.2, -0.15) is 0 Å². The van der Waals surface area contributed by atoms with E-state index in [1.807, 2.05) is 7.05 Å². The SMILES string of the molecule is CCN(C)CCNc1cc(OC)c(F)cc1N. The van der Waals surface area contributed by atoms with Crippen LogP contribution in [0, 0.1) is 5.82 Å². The number of ether oxygens (including phenoxy) is 1. The van der Waals surface area contributed by atoms with E-state index in [-0.39, 0.29) is 5.75 Å². The predicted molar refractivity (Wildman–Crippen MR) is 69.0 cm³/mol. The van der Waals surface area contributed by atoms with Crippen LogP contribution in [0.1, 0.15) is 6.92 Å². The molecule has 0 radical (unpaired) electrons. The molecule has 3 N–H and O–H groups in total. The van der Waals surface area contributed by atoms with Gasteiger partial charge in [-0.3, -0.25) is 0 Å². The molecular weight excluding hydrogens is 221 g/mol. The Balaban J connectivity index is 2.64. The molecule has 0 spiro atoms. The molecule has 0 unspecified atom stereocenters. The van der Waals surface area contributed by atoms with Gasteiger partial charge in [0.15, 0.2) is 11.6 Å². The molecule has 0 saturated heterocycles. The Morgan fingerprint density at radius 1 is 1.47 bits per heavy atom. The highest BCUT2D eigenvalue weighted by molar-refractivity contribution is 5.68. The number of methoxy groups -OCH3 is 1. The Kier molecular flexibility index (Phi) is 5.03. The molecule has 0 aliphatic rings. The summed E-state index contributed by atoms with van der Waals surface area (Å²) in [5.74, 6) is -0.244. The summed E-state index contributed by atoms with van der Waals surface area (Å²) in [7, 11) is 3.47. The fraction of sp³-hybridized carbons (Fsp3) is 0.500. The first-order chi connectivity index (χ1) is 8.08. The van der Waals surface area contributed by atoms with E-state index in [0.717, 1.165) is 19.6 Å². The molecule has 0 aromatic heterocycles. The Hall–Kier alpha value is -1.49. The first kappa shape index (κ1) is 13.6. The Morgan fingerprint density at radius 2 is 2.18 bits per heavy atom. The zero-order valence-corrected chi connectivity index (χ0v) is 10.6. The van der Waals surface area contributed by atoms with Crippen LogP contribution in [0.3, 0.4) is 0 Å². The van der Waals surface area contributed by atoms with E-state index in [2.05, 4.69) is 17.1 Å². The van der Waals surface area contributed by atoms with Crippen LogP contribution in [-0.2, 0) is 0 Å². The number of likely N-dealkylation sites (N-methyl/N-ethyl adjacent to an activating group) is 1. The van der Waals surface area contributed by atoms with Crippen molar-refractivity contribution >= 4 is 11.4 Å². The average Bonchev–Trinajstić information content (AvgIpc) is 2.31. The summed E-state index contributed by atoms with van der Waals surface area (Å²) in [6.45, 7) is 4.73. The zero-order valence-electron chi connectivity index (χ0n) is 10.6. The largest absolute Gasteiger partial charge is 0.494 e. The molecule has 0 aliphatic heterocycles. The van der Waals surface area contributed by atoms with Gasteiger partial charge in [-0.25, -0.2) is 4.39 Å². The van der Waals surface area contributed by atoms with Crippen molar-refractivity contribution in [3.05, 3.63) is 17.9 Å². The van der Waals surface area contributed by atoms with Crippen molar-refractivity contribution in [2.45, 2.75) is 6.92 Å². The van der Waals surface area contributed by atoms with E-state index in [9.17, 15) is 4.39 Å². The van der Waals surface area contributed by atoms with Crippen LogP contribution in [0.15, 0.2) is 12.1 Å². The lowest BCUT2D eigenvalue weighted by Crippen LogP contribution is -2.24. The summed E-state index contributed by atoms with van der Waals surface area (Å²) in [6.07, 6.45) is 0. The number of rotatable bonds is 6. The number of benzene rings is 1. The second-order valence-corrected chi connectivity index (χ2v) is 3.90. The van der Waals surface area contributed by atoms with Gasteiger partial charge < -0.3 is 20.7 Å². The summed E-state index contributed by atoms with van der Waals surface area (Å²) >= 11 is 0. The minimum atomic E-state index is -0.443. The number of halogens is 1. The van der Waals surface area contributed by atoms with Crippen LogP contribution < -0.4 is 15.8 Å². The summed E-state index contributed by atoms with van der Waals surface area (Å²) in [5.41, 5.74) is 6.82. The summed E-state index contributed by atoms with van der Waals surface area (Å²) in [5, 5.41) is 3.17. The van der Waals surface area contributed by atoms with Crippen LogP contribution in [0.5, 0.6) is 5.75 Å². The third kappa shape index (κ3) is 3.78. The number of nitrogen functional groups attached to an aromatic ring is 1. The minimum absolute atomic E-state index is 0.200. The maximum absolute atomic E-state index is 13.3. The van der Waals surface area contributed by atoms with E-state index in [0.29, 0.717) is 11.4 Å². The molecule has 5 heteroatoms. The van der Waals surface area contributed by atoms with Crippen molar-refractivity contribution in [3.8, 4) is 5.75 Å². The highest BCUT2D eigenvalue weighted by Crippen LogP contribution is 2.27. The first-order valence-corrected chi connectivity index (χ1v) is 5.64. The number of hydrogen-bond donors (Lipinski definition) is 2. The predicted octanol–water partition coefficient (Wildman–Crippen LogP) is 1.78. The molecule has 96 valence electrons. The lowest BCUT2D eigenvalue weighted by atomic mass is 10.2. The van der Waals surface area contributed by atoms with Gasteiger partial charge in [0, 0.05) is 25.2 Å². The normalized spacial score (nSPS) is 10.6. The lowest BCUT2D eigenvalue weighted by Gasteiger charge is -2.16. The van der Waals surface area contributed by atoms with Gasteiger partial charge in [-0.1, -0.05) is 6.92 Å². The molecule has 0 aliphatic carbocycles. The van der Waals surface area contributed by atoms with Crippen molar-refractivity contribution in [1.82, 2.24) is 4.90 Å². The molecule has 0 fully saturated rings.